The fourth-order valence-corrected chi connectivity index (χ4v) is 3.89. The third-order valence-electron chi connectivity index (χ3n) is 4.63. The molecule has 0 spiro atoms. The first kappa shape index (κ1) is 16.2. The monoisotopic (exact) mass is 328 g/mol. The van der Waals surface area contributed by atoms with Crippen LogP contribution >= 0.6 is 11.3 Å². The summed E-state index contributed by atoms with van der Waals surface area (Å²) in [6.07, 6.45) is 2.68. The second kappa shape index (κ2) is 7.75. The molecule has 1 aliphatic heterocycles. The number of carbonyl (C=O) groups is 1. The van der Waals surface area contributed by atoms with E-state index in [9.17, 15) is 4.79 Å². The van der Waals surface area contributed by atoms with E-state index in [0.29, 0.717) is 18.4 Å². The normalized spacial score (nSPS) is 19.1. The van der Waals surface area contributed by atoms with E-state index in [1.165, 1.54) is 11.1 Å². The first-order valence-electron chi connectivity index (χ1n) is 8.25. The molecule has 1 amide bonds. The molecule has 1 fully saturated rings. The third-order valence-corrected chi connectivity index (χ3v) is 5.36. The lowest BCUT2D eigenvalue weighted by molar-refractivity contribution is -0.131. The number of thiophene rings is 1. The molecule has 2 heterocycles. The van der Waals surface area contributed by atoms with Crippen molar-refractivity contribution in [2.24, 2.45) is 0 Å². The second-order valence-corrected chi connectivity index (χ2v) is 7.11. The largest absolute Gasteiger partial charge is 0.338 e. The van der Waals surface area contributed by atoms with Crippen LogP contribution in [0.15, 0.2) is 47.2 Å². The maximum Gasteiger partial charge on any atom is 0.222 e. The first-order chi connectivity index (χ1) is 11.2. The Balaban J connectivity index is 1.58. The molecule has 0 bridgehead atoms. The van der Waals surface area contributed by atoms with Crippen molar-refractivity contribution in [2.75, 3.05) is 13.6 Å². The smallest absolute Gasteiger partial charge is 0.222 e. The van der Waals surface area contributed by atoms with Crippen molar-refractivity contribution in [3.63, 3.8) is 0 Å². The third kappa shape index (κ3) is 4.43. The van der Waals surface area contributed by atoms with Crippen LogP contribution in [0.2, 0.25) is 0 Å². The number of hydrogen-bond donors (Lipinski definition) is 0. The van der Waals surface area contributed by atoms with Gasteiger partial charge in [0.2, 0.25) is 5.91 Å². The molecule has 2 aromatic rings. The van der Waals surface area contributed by atoms with Gasteiger partial charge in [0.05, 0.1) is 0 Å². The zero-order chi connectivity index (χ0) is 16.1. The maximum atomic E-state index is 12.4. The van der Waals surface area contributed by atoms with E-state index in [1.807, 2.05) is 23.1 Å². The Bertz CT molecular complexity index is 612. The Hall–Kier alpha value is -1.65. The highest BCUT2D eigenvalue weighted by atomic mass is 32.1. The van der Waals surface area contributed by atoms with Crippen LogP contribution in [0.1, 0.15) is 30.4 Å². The molecule has 122 valence electrons. The van der Waals surface area contributed by atoms with Crippen molar-refractivity contribution in [1.82, 2.24) is 9.80 Å². The Labute approximate surface area is 142 Å². The van der Waals surface area contributed by atoms with Crippen molar-refractivity contribution in [3.8, 4) is 0 Å². The Morgan fingerprint density at radius 3 is 2.74 bits per heavy atom. The number of benzene rings is 1. The minimum atomic E-state index is 0.292. The fourth-order valence-electron chi connectivity index (χ4n) is 3.23. The number of carbonyl (C=O) groups excluding carboxylic acids is 1. The minimum Gasteiger partial charge on any atom is -0.338 e. The van der Waals surface area contributed by atoms with Gasteiger partial charge in [-0.1, -0.05) is 30.3 Å². The fraction of sp³-hybridized carbons (Fsp3) is 0.421. The lowest BCUT2D eigenvalue weighted by Crippen LogP contribution is -2.33. The molecule has 1 aromatic carbocycles. The summed E-state index contributed by atoms with van der Waals surface area (Å²) in [5.41, 5.74) is 2.58. The molecular weight excluding hydrogens is 304 g/mol. The molecule has 1 aromatic heterocycles. The van der Waals surface area contributed by atoms with Crippen LogP contribution in [-0.2, 0) is 17.9 Å². The van der Waals surface area contributed by atoms with Gasteiger partial charge in [0.15, 0.2) is 0 Å². The van der Waals surface area contributed by atoms with Crippen molar-refractivity contribution < 1.29 is 4.79 Å². The lowest BCUT2D eigenvalue weighted by Gasteiger charge is -2.27. The van der Waals surface area contributed by atoms with Gasteiger partial charge < -0.3 is 4.90 Å². The van der Waals surface area contributed by atoms with Gasteiger partial charge >= 0.3 is 0 Å². The second-order valence-electron chi connectivity index (χ2n) is 6.33. The van der Waals surface area contributed by atoms with E-state index in [2.05, 4.69) is 40.9 Å². The van der Waals surface area contributed by atoms with Gasteiger partial charge in [-0.15, -0.1) is 0 Å². The number of hydrogen-bond acceptors (Lipinski definition) is 3. The van der Waals surface area contributed by atoms with Gasteiger partial charge in [-0.05, 0) is 47.8 Å². The van der Waals surface area contributed by atoms with Crippen molar-refractivity contribution in [2.45, 2.75) is 38.4 Å². The van der Waals surface area contributed by atoms with Gasteiger partial charge in [0.1, 0.15) is 0 Å². The van der Waals surface area contributed by atoms with Crippen LogP contribution in [0.4, 0.5) is 0 Å². The highest BCUT2D eigenvalue weighted by Gasteiger charge is 2.24. The molecular formula is C19H24N2OS. The van der Waals surface area contributed by atoms with E-state index in [1.54, 1.807) is 11.3 Å². The van der Waals surface area contributed by atoms with Crippen LogP contribution in [0, 0.1) is 0 Å². The van der Waals surface area contributed by atoms with Crippen molar-refractivity contribution >= 4 is 17.2 Å². The molecule has 0 N–H and O–H groups in total. The molecule has 1 saturated heterocycles. The summed E-state index contributed by atoms with van der Waals surface area (Å²) in [4.78, 5) is 16.8. The van der Waals surface area contributed by atoms with Gasteiger partial charge in [-0.3, -0.25) is 9.69 Å². The van der Waals surface area contributed by atoms with Gasteiger partial charge in [0.25, 0.3) is 0 Å². The van der Waals surface area contributed by atoms with Gasteiger partial charge in [-0.25, -0.2) is 0 Å². The topological polar surface area (TPSA) is 23.6 Å². The molecule has 3 rings (SSSR count). The van der Waals surface area contributed by atoms with Crippen LogP contribution in [0.25, 0.3) is 0 Å². The van der Waals surface area contributed by atoms with E-state index in [4.69, 9.17) is 0 Å². The number of amides is 1. The maximum absolute atomic E-state index is 12.4. The molecule has 1 atom stereocenters. The van der Waals surface area contributed by atoms with Crippen molar-refractivity contribution in [1.29, 1.82) is 0 Å². The summed E-state index contributed by atoms with van der Waals surface area (Å²) in [5, 5.41) is 4.33. The lowest BCUT2D eigenvalue weighted by atomic mass is 10.1. The SMILES string of the molecule is CN(Cc1ccsc1)C1CCC(=O)N(Cc2ccccc2)CC1. The van der Waals surface area contributed by atoms with Crippen LogP contribution in [-0.4, -0.2) is 35.3 Å². The van der Waals surface area contributed by atoms with Crippen molar-refractivity contribution in [3.05, 3.63) is 58.3 Å². The molecule has 0 saturated carbocycles. The quantitative estimate of drug-likeness (QED) is 0.834. The summed E-state index contributed by atoms with van der Waals surface area (Å²) >= 11 is 1.75. The number of likely N-dealkylation sites (tertiary alicyclic amines) is 1. The number of rotatable bonds is 5. The summed E-state index contributed by atoms with van der Waals surface area (Å²) in [7, 11) is 2.18. The minimum absolute atomic E-state index is 0.292. The summed E-state index contributed by atoms with van der Waals surface area (Å²) in [6, 6.07) is 13.0. The summed E-state index contributed by atoms with van der Waals surface area (Å²) < 4.78 is 0. The average Bonchev–Trinajstić information content (AvgIpc) is 3.00. The Kier molecular flexibility index (Phi) is 5.47. The summed E-state index contributed by atoms with van der Waals surface area (Å²) in [5.74, 6) is 0.292. The predicted molar refractivity (Wildman–Crippen MR) is 95.3 cm³/mol. The number of nitrogens with zero attached hydrogens (tertiary/aromatic N) is 2. The zero-order valence-corrected chi connectivity index (χ0v) is 14.5. The Morgan fingerprint density at radius 2 is 2.00 bits per heavy atom. The average molecular weight is 328 g/mol. The van der Waals surface area contributed by atoms with Gasteiger partial charge in [-0.2, -0.15) is 11.3 Å². The van der Waals surface area contributed by atoms with E-state index in [-0.39, 0.29) is 0 Å². The summed E-state index contributed by atoms with van der Waals surface area (Å²) in [6.45, 7) is 2.56. The van der Waals surface area contributed by atoms with E-state index >= 15 is 0 Å². The van der Waals surface area contributed by atoms with Gasteiger partial charge in [0, 0.05) is 32.1 Å². The predicted octanol–water partition coefficient (Wildman–Crippen LogP) is 3.76. The first-order valence-corrected chi connectivity index (χ1v) is 9.19. The molecule has 1 unspecified atom stereocenters. The van der Waals surface area contributed by atoms with E-state index < -0.39 is 0 Å². The zero-order valence-electron chi connectivity index (χ0n) is 13.6. The molecule has 3 nitrogen and oxygen atoms in total. The standard InChI is InChI=1S/C19H24N2OS/c1-20(13-17-10-12-23-15-17)18-7-8-19(22)21(11-9-18)14-16-5-3-2-4-6-16/h2-6,10,12,15,18H,7-9,11,13-14H2,1H3. The Morgan fingerprint density at radius 1 is 1.17 bits per heavy atom. The van der Waals surface area contributed by atoms with E-state index in [0.717, 1.165) is 32.5 Å². The van der Waals surface area contributed by atoms with Crippen LogP contribution in [0.5, 0.6) is 0 Å². The van der Waals surface area contributed by atoms with Crippen LogP contribution in [0.3, 0.4) is 0 Å². The highest BCUT2D eigenvalue weighted by Crippen LogP contribution is 2.20. The highest BCUT2D eigenvalue weighted by molar-refractivity contribution is 7.07. The molecule has 23 heavy (non-hydrogen) atoms. The molecule has 1 aliphatic rings. The molecule has 4 heteroatoms. The molecule has 0 aliphatic carbocycles. The molecule has 0 radical (unpaired) electrons. The van der Waals surface area contributed by atoms with Crippen LogP contribution < -0.4 is 0 Å².